The Balaban J connectivity index is 2.42. The smallest absolute Gasteiger partial charge is 0.303 e. The molecule has 0 aromatic heterocycles. The third-order valence-corrected chi connectivity index (χ3v) is 4.37. The zero-order chi connectivity index (χ0) is 12.2. The lowest BCUT2D eigenvalue weighted by Gasteiger charge is -2.29. The van der Waals surface area contributed by atoms with Gasteiger partial charge in [-0.3, -0.25) is 4.79 Å². The number of likely N-dealkylation sites (tertiary alicyclic amines) is 1. The molecule has 3 nitrogen and oxygen atoms in total. The van der Waals surface area contributed by atoms with Crippen molar-refractivity contribution in [1.29, 1.82) is 0 Å². The molecule has 1 saturated heterocycles. The first-order valence-corrected chi connectivity index (χ1v) is 6.49. The lowest BCUT2D eigenvalue weighted by atomic mass is 9.82. The van der Waals surface area contributed by atoms with Gasteiger partial charge in [0.05, 0.1) is 0 Å². The van der Waals surface area contributed by atoms with Crippen LogP contribution in [0.3, 0.4) is 0 Å². The number of hydrogen-bond donors (Lipinski definition) is 1. The van der Waals surface area contributed by atoms with Crippen molar-refractivity contribution >= 4 is 5.97 Å². The number of carboxylic acids is 1. The van der Waals surface area contributed by atoms with Gasteiger partial charge in [-0.2, -0.15) is 0 Å². The number of aliphatic carboxylic acids is 1. The van der Waals surface area contributed by atoms with Crippen molar-refractivity contribution in [2.45, 2.75) is 58.9 Å². The van der Waals surface area contributed by atoms with Gasteiger partial charge in [0.1, 0.15) is 0 Å². The molecule has 1 unspecified atom stereocenters. The van der Waals surface area contributed by atoms with E-state index in [1.807, 2.05) is 0 Å². The first-order chi connectivity index (χ1) is 7.53. The van der Waals surface area contributed by atoms with Gasteiger partial charge in [0.15, 0.2) is 0 Å². The monoisotopic (exact) mass is 227 g/mol. The minimum Gasteiger partial charge on any atom is -0.481 e. The summed E-state index contributed by atoms with van der Waals surface area (Å²) in [6.07, 6.45) is 4.83. The number of carboxylic acid groups (broad SMARTS) is 1. The number of carbonyl (C=O) groups is 1. The molecule has 0 aliphatic carbocycles. The predicted molar refractivity (Wildman–Crippen MR) is 65.5 cm³/mol. The molecular formula is C13H25NO2. The average molecular weight is 227 g/mol. The summed E-state index contributed by atoms with van der Waals surface area (Å²) in [4.78, 5) is 13.0. The molecule has 0 aromatic rings. The van der Waals surface area contributed by atoms with Crippen LogP contribution in [0.2, 0.25) is 0 Å². The van der Waals surface area contributed by atoms with Crippen LogP contribution in [-0.2, 0) is 4.79 Å². The predicted octanol–water partition coefficient (Wildman–Crippen LogP) is 2.75. The molecule has 1 fully saturated rings. The summed E-state index contributed by atoms with van der Waals surface area (Å²) < 4.78 is 0. The fraction of sp³-hybridized carbons (Fsp3) is 0.923. The highest BCUT2D eigenvalue weighted by molar-refractivity contribution is 5.66. The number of rotatable bonds is 6. The zero-order valence-corrected chi connectivity index (χ0v) is 10.8. The van der Waals surface area contributed by atoms with Crippen LogP contribution in [0.5, 0.6) is 0 Å². The summed E-state index contributed by atoms with van der Waals surface area (Å²) >= 11 is 0. The van der Waals surface area contributed by atoms with E-state index in [1.165, 1.54) is 19.3 Å². The maximum absolute atomic E-state index is 10.5. The van der Waals surface area contributed by atoms with E-state index in [2.05, 4.69) is 25.7 Å². The molecule has 1 heterocycles. The van der Waals surface area contributed by atoms with E-state index in [9.17, 15) is 4.79 Å². The molecule has 0 saturated carbocycles. The fourth-order valence-electron chi connectivity index (χ4n) is 2.69. The number of nitrogens with zero attached hydrogens (tertiary/aromatic N) is 1. The molecule has 1 aliphatic rings. The van der Waals surface area contributed by atoms with Gasteiger partial charge < -0.3 is 10.0 Å². The molecule has 1 rings (SSSR count). The molecule has 0 radical (unpaired) electrons. The fourth-order valence-corrected chi connectivity index (χ4v) is 2.69. The Labute approximate surface area is 98.8 Å². The Morgan fingerprint density at radius 1 is 1.44 bits per heavy atom. The molecule has 0 amide bonds. The maximum atomic E-state index is 10.5. The third kappa shape index (κ3) is 3.21. The van der Waals surface area contributed by atoms with E-state index in [-0.39, 0.29) is 0 Å². The SMILES string of the molecule is CCC1(CC)CCN(C(C)CCC(=O)O)C1. The number of hydrogen-bond acceptors (Lipinski definition) is 2. The van der Waals surface area contributed by atoms with Gasteiger partial charge in [0.2, 0.25) is 0 Å². The summed E-state index contributed by atoms with van der Waals surface area (Å²) in [6, 6.07) is 0.413. The van der Waals surface area contributed by atoms with E-state index >= 15 is 0 Å². The standard InChI is InChI=1S/C13H25NO2/c1-4-13(5-2)8-9-14(10-13)11(3)6-7-12(15)16/h11H,4-10H2,1-3H3,(H,15,16). The molecule has 0 aromatic carbocycles. The second-order valence-electron chi connectivity index (χ2n) is 5.21. The van der Waals surface area contributed by atoms with E-state index < -0.39 is 5.97 Å². The van der Waals surface area contributed by atoms with Crippen LogP contribution in [0.1, 0.15) is 52.9 Å². The minimum absolute atomic E-state index is 0.295. The summed E-state index contributed by atoms with van der Waals surface area (Å²) in [6.45, 7) is 9.00. The zero-order valence-electron chi connectivity index (χ0n) is 10.8. The first-order valence-electron chi connectivity index (χ1n) is 6.49. The Morgan fingerprint density at radius 3 is 2.50 bits per heavy atom. The highest BCUT2D eigenvalue weighted by Gasteiger charge is 2.36. The van der Waals surface area contributed by atoms with E-state index in [4.69, 9.17) is 5.11 Å². The van der Waals surface area contributed by atoms with Gasteiger partial charge in [0.25, 0.3) is 0 Å². The van der Waals surface area contributed by atoms with Gasteiger partial charge in [-0.25, -0.2) is 0 Å². The quantitative estimate of drug-likeness (QED) is 0.758. The van der Waals surface area contributed by atoms with E-state index in [1.54, 1.807) is 0 Å². The van der Waals surface area contributed by atoms with Gasteiger partial charge in [0, 0.05) is 19.0 Å². The topological polar surface area (TPSA) is 40.5 Å². The van der Waals surface area contributed by atoms with Crippen LogP contribution in [0.4, 0.5) is 0 Å². The Morgan fingerprint density at radius 2 is 2.06 bits per heavy atom. The van der Waals surface area contributed by atoms with Crippen molar-refractivity contribution in [1.82, 2.24) is 4.90 Å². The van der Waals surface area contributed by atoms with Gasteiger partial charge >= 0.3 is 5.97 Å². The van der Waals surface area contributed by atoms with Crippen molar-refractivity contribution in [3.8, 4) is 0 Å². The second kappa shape index (κ2) is 5.67. The van der Waals surface area contributed by atoms with Crippen molar-refractivity contribution in [2.24, 2.45) is 5.41 Å². The molecule has 94 valence electrons. The molecule has 3 heteroatoms. The summed E-state index contributed by atoms with van der Waals surface area (Å²) in [5, 5.41) is 8.68. The minimum atomic E-state index is -0.678. The van der Waals surface area contributed by atoms with Crippen molar-refractivity contribution in [2.75, 3.05) is 13.1 Å². The lowest BCUT2D eigenvalue weighted by molar-refractivity contribution is -0.137. The normalized spacial score (nSPS) is 22.2. The molecule has 0 bridgehead atoms. The largest absolute Gasteiger partial charge is 0.481 e. The van der Waals surface area contributed by atoms with Crippen molar-refractivity contribution in [3.05, 3.63) is 0 Å². The van der Waals surface area contributed by atoms with Crippen LogP contribution in [-0.4, -0.2) is 35.1 Å². The Hall–Kier alpha value is -0.570. The molecule has 16 heavy (non-hydrogen) atoms. The van der Waals surface area contributed by atoms with Crippen molar-refractivity contribution in [3.63, 3.8) is 0 Å². The van der Waals surface area contributed by atoms with Gasteiger partial charge in [-0.05, 0) is 44.6 Å². The van der Waals surface area contributed by atoms with Crippen LogP contribution in [0, 0.1) is 5.41 Å². The van der Waals surface area contributed by atoms with Crippen LogP contribution >= 0.6 is 0 Å². The molecule has 1 atom stereocenters. The molecular weight excluding hydrogens is 202 g/mol. The van der Waals surface area contributed by atoms with Gasteiger partial charge in [-0.1, -0.05) is 13.8 Å². The van der Waals surface area contributed by atoms with E-state index in [0.717, 1.165) is 19.5 Å². The highest BCUT2D eigenvalue weighted by atomic mass is 16.4. The maximum Gasteiger partial charge on any atom is 0.303 e. The second-order valence-corrected chi connectivity index (χ2v) is 5.21. The van der Waals surface area contributed by atoms with Crippen LogP contribution in [0.15, 0.2) is 0 Å². The Kier molecular flexibility index (Phi) is 4.78. The summed E-state index contributed by atoms with van der Waals surface area (Å²) in [7, 11) is 0. The molecule has 1 N–H and O–H groups in total. The van der Waals surface area contributed by atoms with E-state index in [0.29, 0.717) is 17.9 Å². The van der Waals surface area contributed by atoms with Crippen LogP contribution in [0.25, 0.3) is 0 Å². The third-order valence-electron chi connectivity index (χ3n) is 4.37. The van der Waals surface area contributed by atoms with Gasteiger partial charge in [-0.15, -0.1) is 0 Å². The molecule has 0 spiro atoms. The first kappa shape index (κ1) is 13.5. The summed E-state index contributed by atoms with van der Waals surface area (Å²) in [5.41, 5.74) is 0.498. The Bertz CT molecular complexity index is 236. The lowest BCUT2D eigenvalue weighted by Crippen LogP contribution is -2.33. The average Bonchev–Trinajstić information content (AvgIpc) is 2.71. The molecule has 1 aliphatic heterocycles. The highest BCUT2D eigenvalue weighted by Crippen LogP contribution is 2.38. The van der Waals surface area contributed by atoms with Crippen molar-refractivity contribution < 1.29 is 9.90 Å². The van der Waals surface area contributed by atoms with Crippen LogP contribution < -0.4 is 0 Å². The summed E-state index contributed by atoms with van der Waals surface area (Å²) in [5.74, 6) is -0.678.